The van der Waals surface area contributed by atoms with Crippen molar-refractivity contribution in [2.45, 2.75) is 51.7 Å². The zero-order chi connectivity index (χ0) is 19.8. The molecule has 5 heteroatoms. The first-order valence-electron chi connectivity index (χ1n) is 9.90. The van der Waals surface area contributed by atoms with Crippen molar-refractivity contribution in [1.29, 1.82) is 5.26 Å². The molecule has 0 bridgehead atoms. The third-order valence-electron chi connectivity index (χ3n) is 5.29. The van der Waals surface area contributed by atoms with Crippen molar-refractivity contribution in [3.05, 3.63) is 59.7 Å². The number of nitriles is 1. The number of rotatable bonds is 6. The summed E-state index contributed by atoms with van der Waals surface area (Å²) in [5, 5.41) is 14.8. The number of hydrogen-bond donors (Lipinski definition) is 2. The van der Waals surface area contributed by atoms with Crippen LogP contribution in [0.4, 0.5) is 10.5 Å². The molecule has 1 aliphatic rings. The second-order valence-electron chi connectivity index (χ2n) is 7.39. The molecule has 146 valence electrons. The summed E-state index contributed by atoms with van der Waals surface area (Å²) in [6.45, 7) is 2.56. The van der Waals surface area contributed by atoms with Crippen molar-refractivity contribution in [1.82, 2.24) is 5.32 Å². The second-order valence-corrected chi connectivity index (χ2v) is 7.39. The van der Waals surface area contributed by atoms with Crippen molar-refractivity contribution in [3.8, 4) is 11.8 Å². The van der Waals surface area contributed by atoms with Crippen LogP contribution in [0.3, 0.4) is 0 Å². The molecular weight excluding hydrogens is 350 g/mol. The normalized spacial score (nSPS) is 18.7. The van der Waals surface area contributed by atoms with Gasteiger partial charge in [0.25, 0.3) is 0 Å². The number of urea groups is 1. The van der Waals surface area contributed by atoms with Gasteiger partial charge in [-0.05, 0) is 42.5 Å². The molecule has 0 spiro atoms. The Morgan fingerprint density at radius 1 is 1.14 bits per heavy atom. The SMILES string of the molecule is CC1CCCCC1NC(=O)Nc1ccccc1COc1ccc(CC#N)cc1. The lowest BCUT2D eigenvalue weighted by Crippen LogP contribution is -2.43. The number of nitrogens with one attached hydrogen (secondary N) is 2. The molecule has 1 aliphatic carbocycles. The number of carbonyl (C=O) groups excluding carboxylic acids is 1. The minimum Gasteiger partial charge on any atom is -0.489 e. The summed E-state index contributed by atoms with van der Waals surface area (Å²) in [4.78, 5) is 12.5. The van der Waals surface area contributed by atoms with Crippen LogP contribution in [0.25, 0.3) is 0 Å². The Hall–Kier alpha value is -3.00. The van der Waals surface area contributed by atoms with Crippen LogP contribution in [0, 0.1) is 17.2 Å². The monoisotopic (exact) mass is 377 g/mol. The van der Waals surface area contributed by atoms with Gasteiger partial charge in [0.05, 0.1) is 12.5 Å². The topological polar surface area (TPSA) is 74.2 Å². The zero-order valence-corrected chi connectivity index (χ0v) is 16.3. The summed E-state index contributed by atoms with van der Waals surface area (Å²) in [6.07, 6.45) is 5.02. The van der Waals surface area contributed by atoms with Gasteiger partial charge in [0.15, 0.2) is 0 Å². The second kappa shape index (κ2) is 9.80. The lowest BCUT2D eigenvalue weighted by atomic mass is 9.86. The van der Waals surface area contributed by atoms with E-state index in [2.05, 4.69) is 23.6 Å². The fraction of sp³-hybridized carbons (Fsp3) is 0.391. The molecule has 2 aromatic rings. The van der Waals surface area contributed by atoms with Crippen LogP contribution in [0.2, 0.25) is 0 Å². The highest BCUT2D eigenvalue weighted by atomic mass is 16.5. The van der Waals surface area contributed by atoms with Gasteiger partial charge in [0, 0.05) is 17.3 Å². The smallest absolute Gasteiger partial charge is 0.319 e. The van der Waals surface area contributed by atoms with E-state index < -0.39 is 0 Å². The lowest BCUT2D eigenvalue weighted by Gasteiger charge is -2.29. The number of benzene rings is 2. The van der Waals surface area contributed by atoms with Crippen molar-refractivity contribution in [2.75, 3.05) is 5.32 Å². The first-order valence-corrected chi connectivity index (χ1v) is 9.90. The molecule has 2 amide bonds. The molecule has 0 aromatic heterocycles. The maximum Gasteiger partial charge on any atom is 0.319 e. The maximum absolute atomic E-state index is 12.5. The van der Waals surface area contributed by atoms with Gasteiger partial charge >= 0.3 is 6.03 Å². The number of anilines is 1. The van der Waals surface area contributed by atoms with Crippen molar-refractivity contribution < 1.29 is 9.53 Å². The summed E-state index contributed by atoms with van der Waals surface area (Å²) in [5.74, 6) is 1.25. The van der Waals surface area contributed by atoms with Crippen LogP contribution in [0.15, 0.2) is 48.5 Å². The molecule has 28 heavy (non-hydrogen) atoms. The number of ether oxygens (including phenoxy) is 1. The van der Waals surface area contributed by atoms with Crippen molar-refractivity contribution in [2.24, 2.45) is 5.92 Å². The van der Waals surface area contributed by atoms with Crippen LogP contribution in [-0.4, -0.2) is 12.1 Å². The summed E-state index contributed by atoms with van der Waals surface area (Å²) < 4.78 is 5.86. The zero-order valence-electron chi connectivity index (χ0n) is 16.3. The first-order chi connectivity index (χ1) is 13.7. The Balaban J connectivity index is 1.58. The fourth-order valence-corrected chi connectivity index (χ4v) is 3.58. The van der Waals surface area contributed by atoms with Crippen LogP contribution in [0.5, 0.6) is 5.75 Å². The van der Waals surface area contributed by atoms with Gasteiger partial charge in [-0.1, -0.05) is 50.1 Å². The Morgan fingerprint density at radius 3 is 2.64 bits per heavy atom. The number of nitrogens with zero attached hydrogens (tertiary/aromatic N) is 1. The van der Waals surface area contributed by atoms with Crippen LogP contribution >= 0.6 is 0 Å². The maximum atomic E-state index is 12.5. The molecule has 0 saturated heterocycles. The molecule has 3 rings (SSSR count). The van der Waals surface area contributed by atoms with Gasteiger partial charge in [-0.15, -0.1) is 0 Å². The number of amides is 2. The van der Waals surface area contributed by atoms with Crippen LogP contribution in [-0.2, 0) is 13.0 Å². The van der Waals surface area contributed by atoms with Gasteiger partial charge < -0.3 is 15.4 Å². The Bertz CT molecular complexity index is 826. The molecule has 0 heterocycles. The average Bonchev–Trinajstić information content (AvgIpc) is 2.70. The summed E-state index contributed by atoms with van der Waals surface area (Å²) in [7, 11) is 0. The van der Waals surface area contributed by atoms with E-state index in [-0.39, 0.29) is 12.1 Å². The largest absolute Gasteiger partial charge is 0.489 e. The van der Waals surface area contributed by atoms with Crippen LogP contribution < -0.4 is 15.4 Å². The Morgan fingerprint density at radius 2 is 1.89 bits per heavy atom. The molecular formula is C23H27N3O2. The van der Waals surface area contributed by atoms with E-state index in [1.54, 1.807) is 0 Å². The molecule has 2 atom stereocenters. The van der Waals surface area contributed by atoms with E-state index in [9.17, 15) is 4.79 Å². The first kappa shape index (κ1) is 19.8. The Labute approximate surface area is 166 Å². The third-order valence-corrected chi connectivity index (χ3v) is 5.29. The van der Waals surface area contributed by atoms with E-state index >= 15 is 0 Å². The van der Waals surface area contributed by atoms with E-state index in [0.29, 0.717) is 18.9 Å². The molecule has 2 aromatic carbocycles. The highest BCUT2D eigenvalue weighted by Crippen LogP contribution is 2.24. The minimum absolute atomic E-state index is 0.160. The highest BCUT2D eigenvalue weighted by Gasteiger charge is 2.22. The quantitative estimate of drug-likeness (QED) is 0.741. The number of para-hydroxylation sites is 1. The highest BCUT2D eigenvalue weighted by molar-refractivity contribution is 5.90. The predicted molar refractivity (Wildman–Crippen MR) is 110 cm³/mol. The summed E-state index contributed by atoms with van der Waals surface area (Å²) >= 11 is 0. The summed E-state index contributed by atoms with van der Waals surface area (Å²) in [5.41, 5.74) is 2.63. The van der Waals surface area contributed by atoms with E-state index in [0.717, 1.165) is 29.0 Å². The van der Waals surface area contributed by atoms with Gasteiger partial charge in [-0.25, -0.2) is 4.79 Å². The van der Waals surface area contributed by atoms with Gasteiger partial charge in [0.1, 0.15) is 12.4 Å². The molecule has 2 unspecified atom stereocenters. The minimum atomic E-state index is -0.160. The molecule has 2 N–H and O–H groups in total. The number of hydrogen-bond acceptors (Lipinski definition) is 3. The fourth-order valence-electron chi connectivity index (χ4n) is 3.58. The predicted octanol–water partition coefficient (Wildman–Crippen LogP) is 5.03. The molecule has 0 aliphatic heterocycles. The van der Waals surface area contributed by atoms with E-state index in [1.165, 1.54) is 19.3 Å². The van der Waals surface area contributed by atoms with E-state index in [1.807, 2.05) is 48.5 Å². The van der Waals surface area contributed by atoms with Crippen molar-refractivity contribution >= 4 is 11.7 Å². The van der Waals surface area contributed by atoms with Gasteiger partial charge in [-0.3, -0.25) is 0 Å². The molecule has 0 radical (unpaired) electrons. The number of carbonyl (C=O) groups is 1. The average molecular weight is 377 g/mol. The third kappa shape index (κ3) is 5.50. The van der Waals surface area contributed by atoms with Gasteiger partial charge in [0.2, 0.25) is 0 Å². The van der Waals surface area contributed by atoms with Gasteiger partial charge in [-0.2, -0.15) is 5.26 Å². The lowest BCUT2D eigenvalue weighted by molar-refractivity contribution is 0.232. The summed E-state index contributed by atoms with van der Waals surface area (Å²) in [6, 6.07) is 17.4. The molecule has 1 fully saturated rings. The van der Waals surface area contributed by atoms with E-state index in [4.69, 9.17) is 10.00 Å². The van der Waals surface area contributed by atoms with Crippen molar-refractivity contribution in [3.63, 3.8) is 0 Å². The molecule has 1 saturated carbocycles. The standard InChI is InChI=1S/C23H27N3O2/c1-17-6-2-4-8-21(17)25-23(27)26-22-9-5-3-7-19(22)16-28-20-12-10-18(11-13-20)14-15-24/h3,5,7,9-13,17,21H,2,4,6,8,14,16H2,1H3,(H2,25,26,27). The Kier molecular flexibility index (Phi) is 6.91. The molecule has 5 nitrogen and oxygen atoms in total. The van der Waals surface area contributed by atoms with Crippen LogP contribution in [0.1, 0.15) is 43.7 Å².